The number of nitrogens with zero attached hydrogens (tertiary/aromatic N) is 1. The normalized spacial score (nSPS) is 10.9. The summed E-state index contributed by atoms with van der Waals surface area (Å²) in [5, 5.41) is 10.0. The molecule has 2 aromatic rings. The van der Waals surface area contributed by atoms with Crippen molar-refractivity contribution in [1.29, 1.82) is 0 Å². The molecule has 0 bridgehead atoms. The van der Waals surface area contributed by atoms with E-state index in [4.69, 9.17) is 9.84 Å². The van der Waals surface area contributed by atoms with E-state index in [2.05, 4.69) is 4.57 Å². The Labute approximate surface area is 99.4 Å². The van der Waals surface area contributed by atoms with Crippen molar-refractivity contribution in [3.8, 4) is 0 Å². The lowest BCUT2D eigenvalue weighted by molar-refractivity contribution is 0.0697. The highest BCUT2D eigenvalue weighted by atomic mass is 16.5. The van der Waals surface area contributed by atoms with Gasteiger partial charge in [0.15, 0.2) is 0 Å². The predicted molar refractivity (Wildman–Crippen MR) is 65.4 cm³/mol. The summed E-state index contributed by atoms with van der Waals surface area (Å²) in [5.41, 5.74) is 1.28. The molecule has 0 radical (unpaired) electrons. The Kier molecular flexibility index (Phi) is 3.44. The SMILES string of the molecule is COCCCn1ccc2ccc(C(=O)O)cc21. The van der Waals surface area contributed by atoms with E-state index in [0.717, 1.165) is 23.9 Å². The van der Waals surface area contributed by atoms with Crippen molar-refractivity contribution in [3.63, 3.8) is 0 Å². The number of benzene rings is 1. The second-order valence-electron chi connectivity index (χ2n) is 3.93. The van der Waals surface area contributed by atoms with E-state index in [1.807, 2.05) is 18.3 Å². The van der Waals surface area contributed by atoms with Crippen LogP contribution in [0.4, 0.5) is 0 Å². The second-order valence-corrected chi connectivity index (χ2v) is 3.93. The molecule has 2 rings (SSSR count). The molecular formula is C13H15NO3. The Bertz CT molecular complexity index is 530. The van der Waals surface area contributed by atoms with Crippen molar-refractivity contribution in [3.05, 3.63) is 36.0 Å². The van der Waals surface area contributed by atoms with Crippen LogP contribution in [0.1, 0.15) is 16.8 Å². The van der Waals surface area contributed by atoms with Gasteiger partial charge in [-0.05, 0) is 30.0 Å². The fraction of sp³-hybridized carbons (Fsp3) is 0.308. The molecule has 90 valence electrons. The molecule has 1 aromatic carbocycles. The fourth-order valence-electron chi connectivity index (χ4n) is 1.89. The number of fused-ring (bicyclic) bond motifs is 1. The van der Waals surface area contributed by atoms with E-state index >= 15 is 0 Å². The van der Waals surface area contributed by atoms with E-state index in [-0.39, 0.29) is 0 Å². The number of hydrogen-bond donors (Lipinski definition) is 1. The Balaban J connectivity index is 2.30. The van der Waals surface area contributed by atoms with Gasteiger partial charge in [0.2, 0.25) is 0 Å². The van der Waals surface area contributed by atoms with Gasteiger partial charge < -0.3 is 14.4 Å². The zero-order valence-electron chi connectivity index (χ0n) is 9.72. The molecule has 0 saturated carbocycles. The quantitative estimate of drug-likeness (QED) is 0.807. The molecule has 17 heavy (non-hydrogen) atoms. The maximum atomic E-state index is 10.9. The molecule has 4 nitrogen and oxygen atoms in total. The van der Waals surface area contributed by atoms with Gasteiger partial charge in [-0.2, -0.15) is 0 Å². The van der Waals surface area contributed by atoms with Gasteiger partial charge >= 0.3 is 5.97 Å². The van der Waals surface area contributed by atoms with E-state index in [0.29, 0.717) is 12.2 Å². The van der Waals surface area contributed by atoms with Crippen molar-refractivity contribution in [2.75, 3.05) is 13.7 Å². The monoisotopic (exact) mass is 233 g/mol. The summed E-state index contributed by atoms with van der Waals surface area (Å²) >= 11 is 0. The molecule has 0 atom stereocenters. The van der Waals surface area contributed by atoms with Gasteiger partial charge in [-0.25, -0.2) is 4.79 Å². The third-order valence-corrected chi connectivity index (χ3v) is 2.77. The van der Waals surface area contributed by atoms with Gasteiger partial charge in [-0.15, -0.1) is 0 Å². The number of ether oxygens (including phenoxy) is 1. The lowest BCUT2D eigenvalue weighted by atomic mass is 10.1. The first kappa shape index (κ1) is 11.7. The van der Waals surface area contributed by atoms with E-state index in [9.17, 15) is 4.79 Å². The molecule has 0 fully saturated rings. The number of carboxylic acid groups (broad SMARTS) is 1. The summed E-state index contributed by atoms with van der Waals surface area (Å²) in [6, 6.07) is 7.17. The van der Waals surface area contributed by atoms with Gasteiger partial charge in [0.1, 0.15) is 0 Å². The molecule has 0 amide bonds. The Morgan fingerprint density at radius 2 is 2.24 bits per heavy atom. The number of methoxy groups -OCH3 is 1. The van der Waals surface area contributed by atoms with Crippen LogP contribution in [-0.4, -0.2) is 29.4 Å². The minimum Gasteiger partial charge on any atom is -0.478 e. The van der Waals surface area contributed by atoms with Crippen LogP contribution in [0.5, 0.6) is 0 Å². The van der Waals surface area contributed by atoms with Gasteiger partial charge in [-0.3, -0.25) is 0 Å². The molecule has 4 heteroatoms. The Morgan fingerprint density at radius 1 is 1.41 bits per heavy atom. The molecule has 0 aliphatic carbocycles. The first-order chi connectivity index (χ1) is 8.22. The second kappa shape index (κ2) is 5.01. The summed E-state index contributed by atoms with van der Waals surface area (Å²) in [5.74, 6) is -0.892. The summed E-state index contributed by atoms with van der Waals surface area (Å²) in [4.78, 5) is 10.9. The van der Waals surface area contributed by atoms with Crippen molar-refractivity contribution in [2.45, 2.75) is 13.0 Å². The van der Waals surface area contributed by atoms with Crippen molar-refractivity contribution >= 4 is 16.9 Å². The average Bonchev–Trinajstić information content (AvgIpc) is 2.72. The lowest BCUT2D eigenvalue weighted by Gasteiger charge is -2.05. The average molecular weight is 233 g/mol. The summed E-state index contributed by atoms with van der Waals surface area (Å²) in [7, 11) is 1.68. The van der Waals surface area contributed by atoms with E-state index in [1.54, 1.807) is 19.2 Å². The van der Waals surface area contributed by atoms with Crippen LogP contribution in [0, 0.1) is 0 Å². The zero-order chi connectivity index (χ0) is 12.3. The molecule has 1 aromatic heterocycles. The molecular weight excluding hydrogens is 218 g/mol. The molecule has 0 aliphatic heterocycles. The number of aromatic nitrogens is 1. The summed E-state index contributed by atoms with van der Waals surface area (Å²) in [6.07, 6.45) is 2.89. The van der Waals surface area contributed by atoms with E-state index in [1.165, 1.54) is 0 Å². The molecule has 0 aliphatic rings. The fourth-order valence-corrected chi connectivity index (χ4v) is 1.89. The highest BCUT2D eigenvalue weighted by Gasteiger charge is 2.06. The molecule has 0 unspecified atom stereocenters. The maximum absolute atomic E-state index is 10.9. The van der Waals surface area contributed by atoms with Crippen LogP contribution in [0.2, 0.25) is 0 Å². The minimum absolute atomic E-state index is 0.323. The highest BCUT2D eigenvalue weighted by molar-refractivity contribution is 5.93. The maximum Gasteiger partial charge on any atom is 0.335 e. The molecule has 0 saturated heterocycles. The minimum atomic E-state index is -0.892. The molecule has 1 heterocycles. The zero-order valence-corrected chi connectivity index (χ0v) is 9.72. The van der Waals surface area contributed by atoms with Crippen LogP contribution in [0.25, 0.3) is 10.9 Å². The third kappa shape index (κ3) is 2.47. The number of carboxylic acids is 1. The van der Waals surface area contributed by atoms with Crippen LogP contribution >= 0.6 is 0 Å². The topological polar surface area (TPSA) is 51.5 Å². The van der Waals surface area contributed by atoms with Crippen LogP contribution in [0.15, 0.2) is 30.5 Å². The lowest BCUT2D eigenvalue weighted by Crippen LogP contribution is -2.01. The van der Waals surface area contributed by atoms with Gasteiger partial charge in [-0.1, -0.05) is 6.07 Å². The van der Waals surface area contributed by atoms with E-state index < -0.39 is 5.97 Å². The van der Waals surface area contributed by atoms with Gasteiger partial charge in [0.25, 0.3) is 0 Å². The van der Waals surface area contributed by atoms with Crippen molar-refractivity contribution in [1.82, 2.24) is 4.57 Å². The number of aryl methyl sites for hydroxylation is 1. The van der Waals surface area contributed by atoms with Gasteiger partial charge in [0, 0.05) is 32.0 Å². The number of carbonyl (C=O) groups is 1. The summed E-state index contributed by atoms with van der Waals surface area (Å²) in [6.45, 7) is 1.54. The predicted octanol–water partition coefficient (Wildman–Crippen LogP) is 2.38. The Hall–Kier alpha value is -1.81. The van der Waals surface area contributed by atoms with Crippen LogP contribution in [-0.2, 0) is 11.3 Å². The standard InChI is InChI=1S/C13H15NO3/c1-17-8-2-6-14-7-5-10-3-4-11(13(15)16)9-12(10)14/h3-5,7,9H,2,6,8H2,1H3,(H,15,16). The van der Waals surface area contributed by atoms with Crippen molar-refractivity contribution < 1.29 is 14.6 Å². The molecule has 1 N–H and O–H groups in total. The van der Waals surface area contributed by atoms with Crippen LogP contribution in [0.3, 0.4) is 0 Å². The first-order valence-electron chi connectivity index (χ1n) is 5.53. The van der Waals surface area contributed by atoms with Crippen LogP contribution < -0.4 is 0 Å². The smallest absolute Gasteiger partial charge is 0.335 e. The Morgan fingerprint density at radius 3 is 2.94 bits per heavy atom. The largest absolute Gasteiger partial charge is 0.478 e. The highest BCUT2D eigenvalue weighted by Crippen LogP contribution is 2.18. The number of hydrogen-bond acceptors (Lipinski definition) is 2. The number of rotatable bonds is 5. The third-order valence-electron chi connectivity index (χ3n) is 2.77. The van der Waals surface area contributed by atoms with Crippen molar-refractivity contribution in [2.24, 2.45) is 0 Å². The molecule has 0 spiro atoms. The first-order valence-corrected chi connectivity index (χ1v) is 5.53. The van der Waals surface area contributed by atoms with Gasteiger partial charge in [0.05, 0.1) is 5.56 Å². The summed E-state index contributed by atoms with van der Waals surface area (Å²) < 4.78 is 7.06. The number of aromatic carboxylic acids is 1.